The molecule has 3 heteroatoms. The molecule has 1 aromatic rings. The summed E-state index contributed by atoms with van der Waals surface area (Å²) in [4.78, 5) is 2.04. The van der Waals surface area contributed by atoms with Gasteiger partial charge in [-0.1, -0.05) is 6.92 Å². The van der Waals surface area contributed by atoms with Crippen LogP contribution in [0.25, 0.3) is 0 Å². The molecule has 0 bridgehead atoms. The minimum absolute atomic E-state index is 0.240. The Balaban J connectivity index is 3.02. The number of nitrogens with two attached hydrogens (primary N) is 1. The van der Waals surface area contributed by atoms with E-state index < -0.39 is 0 Å². The first-order valence-corrected chi connectivity index (χ1v) is 4.83. The van der Waals surface area contributed by atoms with Crippen molar-refractivity contribution in [1.29, 1.82) is 0 Å². The number of aryl methyl sites for hydroxylation is 1. The predicted octanol–water partition coefficient (Wildman–Crippen LogP) is 2.56. The normalized spacial score (nSPS) is 10.3. The third-order valence-corrected chi connectivity index (χ3v) is 2.28. The Bertz CT molecular complexity index is 323. The van der Waals surface area contributed by atoms with Crippen LogP contribution in [-0.4, -0.2) is 13.6 Å². The van der Waals surface area contributed by atoms with Gasteiger partial charge in [-0.25, -0.2) is 4.39 Å². The van der Waals surface area contributed by atoms with Crippen molar-refractivity contribution in [2.75, 3.05) is 24.2 Å². The molecule has 1 rings (SSSR count). The van der Waals surface area contributed by atoms with E-state index in [1.54, 1.807) is 13.0 Å². The Kier molecular flexibility index (Phi) is 3.33. The minimum atomic E-state index is -0.240. The number of hydrogen-bond acceptors (Lipinski definition) is 2. The lowest BCUT2D eigenvalue weighted by Gasteiger charge is -2.21. The average Bonchev–Trinajstić information content (AvgIpc) is 2.11. The van der Waals surface area contributed by atoms with E-state index in [1.807, 2.05) is 11.9 Å². The Morgan fingerprint density at radius 2 is 2.07 bits per heavy atom. The standard InChI is InChI=1S/C11H17FN2/c1-4-5-14(3)11-6-8(2)9(12)7-10(11)13/h6-7H,4-5,13H2,1-3H3. The summed E-state index contributed by atoms with van der Waals surface area (Å²) in [7, 11) is 1.96. The molecule has 0 aliphatic rings. The highest BCUT2D eigenvalue weighted by Crippen LogP contribution is 2.25. The molecule has 78 valence electrons. The fourth-order valence-corrected chi connectivity index (χ4v) is 1.47. The van der Waals surface area contributed by atoms with Crippen molar-refractivity contribution in [3.05, 3.63) is 23.5 Å². The zero-order chi connectivity index (χ0) is 10.7. The first kappa shape index (κ1) is 10.8. The number of hydrogen-bond donors (Lipinski definition) is 1. The van der Waals surface area contributed by atoms with Gasteiger partial charge in [-0.15, -0.1) is 0 Å². The quantitative estimate of drug-likeness (QED) is 0.753. The van der Waals surface area contributed by atoms with Crippen LogP contribution in [0.1, 0.15) is 18.9 Å². The minimum Gasteiger partial charge on any atom is -0.397 e. The molecule has 0 radical (unpaired) electrons. The van der Waals surface area contributed by atoms with Gasteiger partial charge in [-0.3, -0.25) is 0 Å². The van der Waals surface area contributed by atoms with E-state index in [-0.39, 0.29) is 5.82 Å². The van der Waals surface area contributed by atoms with E-state index in [9.17, 15) is 4.39 Å². The lowest BCUT2D eigenvalue weighted by atomic mass is 10.1. The SMILES string of the molecule is CCCN(C)c1cc(C)c(F)cc1N. The van der Waals surface area contributed by atoms with E-state index in [4.69, 9.17) is 5.73 Å². The number of benzene rings is 1. The molecule has 2 nitrogen and oxygen atoms in total. The largest absolute Gasteiger partial charge is 0.397 e. The molecule has 0 spiro atoms. The molecule has 0 saturated heterocycles. The van der Waals surface area contributed by atoms with Crippen LogP contribution in [0, 0.1) is 12.7 Å². The topological polar surface area (TPSA) is 29.3 Å². The van der Waals surface area contributed by atoms with Gasteiger partial charge >= 0.3 is 0 Å². The molecule has 1 aromatic carbocycles. The van der Waals surface area contributed by atoms with Gasteiger partial charge in [-0.05, 0) is 31.0 Å². The Hall–Kier alpha value is -1.25. The molecule has 14 heavy (non-hydrogen) atoms. The van der Waals surface area contributed by atoms with Crippen molar-refractivity contribution in [2.45, 2.75) is 20.3 Å². The third kappa shape index (κ3) is 2.16. The van der Waals surface area contributed by atoms with Crippen molar-refractivity contribution in [2.24, 2.45) is 0 Å². The summed E-state index contributed by atoms with van der Waals surface area (Å²) in [6, 6.07) is 3.18. The smallest absolute Gasteiger partial charge is 0.128 e. The van der Waals surface area contributed by atoms with E-state index in [1.165, 1.54) is 6.07 Å². The summed E-state index contributed by atoms with van der Waals surface area (Å²) in [6.45, 7) is 4.77. The summed E-state index contributed by atoms with van der Waals surface area (Å²) in [5.74, 6) is -0.240. The molecular weight excluding hydrogens is 179 g/mol. The van der Waals surface area contributed by atoms with Gasteiger partial charge in [0.2, 0.25) is 0 Å². The zero-order valence-electron chi connectivity index (χ0n) is 8.97. The highest BCUT2D eigenvalue weighted by molar-refractivity contribution is 5.68. The van der Waals surface area contributed by atoms with Crippen LogP contribution in [0.2, 0.25) is 0 Å². The lowest BCUT2D eigenvalue weighted by Crippen LogP contribution is -2.19. The van der Waals surface area contributed by atoms with Crippen LogP contribution in [0.4, 0.5) is 15.8 Å². The maximum absolute atomic E-state index is 13.1. The highest BCUT2D eigenvalue weighted by Gasteiger charge is 2.07. The average molecular weight is 196 g/mol. The number of nitrogens with zero attached hydrogens (tertiary/aromatic N) is 1. The Morgan fingerprint density at radius 3 is 2.64 bits per heavy atom. The molecule has 0 aliphatic heterocycles. The van der Waals surface area contributed by atoms with Gasteiger partial charge in [0.1, 0.15) is 5.82 Å². The number of anilines is 2. The van der Waals surface area contributed by atoms with Crippen molar-refractivity contribution >= 4 is 11.4 Å². The summed E-state index contributed by atoms with van der Waals surface area (Å²) in [5.41, 5.74) is 7.79. The van der Waals surface area contributed by atoms with Crippen LogP contribution in [0.15, 0.2) is 12.1 Å². The second-order valence-electron chi connectivity index (χ2n) is 3.58. The van der Waals surface area contributed by atoms with E-state index in [0.717, 1.165) is 18.7 Å². The van der Waals surface area contributed by atoms with Gasteiger partial charge in [0.25, 0.3) is 0 Å². The molecule has 2 N–H and O–H groups in total. The van der Waals surface area contributed by atoms with Crippen LogP contribution in [0.3, 0.4) is 0 Å². The van der Waals surface area contributed by atoms with Crippen LogP contribution in [0.5, 0.6) is 0 Å². The van der Waals surface area contributed by atoms with Crippen molar-refractivity contribution in [3.8, 4) is 0 Å². The zero-order valence-corrected chi connectivity index (χ0v) is 8.97. The first-order valence-electron chi connectivity index (χ1n) is 4.83. The fourth-order valence-electron chi connectivity index (χ4n) is 1.47. The molecule has 0 aliphatic carbocycles. The molecular formula is C11H17FN2. The van der Waals surface area contributed by atoms with E-state index >= 15 is 0 Å². The second kappa shape index (κ2) is 4.31. The van der Waals surface area contributed by atoms with E-state index in [2.05, 4.69) is 6.92 Å². The van der Waals surface area contributed by atoms with Gasteiger partial charge in [0.15, 0.2) is 0 Å². The van der Waals surface area contributed by atoms with Crippen molar-refractivity contribution < 1.29 is 4.39 Å². The lowest BCUT2D eigenvalue weighted by molar-refractivity contribution is 0.619. The molecule has 0 heterocycles. The number of nitrogen functional groups attached to an aromatic ring is 1. The van der Waals surface area contributed by atoms with Gasteiger partial charge in [0, 0.05) is 13.6 Å². The van der Waals surface area contributed by atoms with Gasteiger partial charge < -0.3 is 10.6 Å². The third-order valence-electron chi connectivity index (χ3n) is 2.28. The second-order valence-corrected chi connectivity index (χ2v) is 3.58. The molecule has 0 atom stereocenters. The van der Waals surface area contributed by atoms with Gasteiger partial charge in [-0.2, -0.15) is 0 Å². The molecule has 0 unspecified atom stereocenters. The highest BCUT2D eigenvalue weighted by atomic mass is 19.1. The first-order chi connectivity index (χ1) is 6.56. The van der Waals surface area contributed by atoms with E-state index in [0.29, 0.717) is 11.3 Å². The van der Waals surface area contributed by atoms with Crippen molar-refractivity contribution in [3.63, 3.8) is 0 Å². The van der Waals surface area contributed by atoms with Gasteiger partial charge in [0.05, 0.1) is 11.4 Å². The van der Waals surface area contributed by atoms with Crippen LogP contribution < -0.4 is 10.6 Å². The molecule has 0 fully saturated rings. The Morgan fingerprint density at radius 1 is 1.43 bits per heavy atom. The van der Waals surface area contributed by atoms with Crippen molar-refractivity contribution in [1.82, 2.24) is 0 Å². The summed E-state index contributed by atoms with van der Waals surface area (Å²) in [6.07, 6.45) is 1.05. The van der Waals surface area contributed by atoms with Crippen LogP contribution >= 0.6 is 0 Å². The summed E-state index contributed by atoms with van der Waals surface area (Å²) < 4.78 is 13.1. The maximum atomic E-state index is 13.1. The Labute approximate surface area is 84.5 Å². The summed E-state index contributed by atoms with van der Waals surface area (Å²) in [5, 5.41) is 0. The molecule has 0 saturated carbocycles. The molecule has 0 amide bonds. The number of rotatable bonds is 3. The predicted molar refractivity (Wildman–Crippen MR) is 59.1 cm³/mol. The fraction of sp³-hybridized carbons (Fsp3) is 0.455. The maximum Gasteiger partial charge on any atom is 0.128 e. The summed E-state index contributed by atoms with van der Waals surface area (Å²) >= 11 is 0. The van der Waals surface area contributed by atoms with Crippen LogP contribution in [-0.2, 0) is 0 Å². The number of halogens is 1. The molecule has 0 aromatic heterocycles. The monoisotopic (exact) mass is 196 g/mol.